The van der Waals surface area contributed by atoms with E-state index in [1.165, 1.54) is 24.3 Å². The molecule has 0 saturated carbocycles. The molecule has 0 fully saturated rings. The van der Waals surface area contributed by atoms with Gasteiger partial charge in [0.1, 0.15) is 5.82 Å². The summed E-state index contributed by atoms with van der Waals surface area (Å²) in [6.07, 6.45) is 2.40. The third kappa shape index (κ3) is 5.80. The van der Waals surface area contributed by atoms with Crippen LogP contribution in [0.3, 0.4) is 0 Å². The van der Waals surface area contributed by atoms with E-state index in [0.29, 0.717) is 17.8 Å². The molecule has 0 saturated heterocycles. The number of nitrogens with one attached hydrogen (secondary N) is 3. The number of amides is 1. The van der Waals surface area contributed by atoms with Crippen LogP contribution in [0.1, 0.15) is 56.3 Å². The molecule has 1 heterocycles. The number of carbonyl (C=O) groups is 1. The number of H-pyrrole nitrogens is 1. The fourth-order valence-corrected chi connectivity index (χ4v) is 4.55. The first-order valence-corrected chi connectivity index (χ1v) is 11.6. The largest absolute Gasteiger partial charge is 0.342 e. The summed E-state index contributed by atoms with van der Waals surface area (Å²) in [6.45, 7) is 7.28. The monoisotopic (exact) mass is 440 g/mol. The molecule has 2 aromatic carbocycles. The van der Waals surface area contributed by atoms with Gasteiger partial charge in [-0.15, -0.1) is 0 Å². The van der Waals surface area contributed by atoms with Gasteiger partial charge in [0, 0.05) is 11.1 Å². The molecule has 3 N–H and O–H groups in total. The molecule has 164 valence electrons. The first-order valence-electron chi connectivity index (χ1n) is 10.1. The van der Waals surface area contributed by atoms with Gasteiger partial charge in [-0.1, -0.05) is 37.3 Å². The molecular weight excluding hydrogens is 412 g/mol. The number of hydrogen-bond donors (Lipinski definition) is 3. The fraction of sp³-hybridized carbons (Fsp3) is 0.304. The standard InChI is InChI=1S/C23H28N4O3S/c1-5-19(21-24-15-20(25-21)16-9-7-6-8-10-16)26-22(28)17-11-13-18(14-12-17)31(29,30)27-23(2,3)4/h6-15,19,27H,5H2,1-4H3,(H,24,25)(H,26,28). The van der Waals surface area contributed by atoms with Gasteiger partial charge in [-0.25, -0.2) is 18.1 Å². The van der Waals surface area contributed by atoms with Crippen molar-refractivity contribution in [2.45, 2.75) is 50.6 Å². The van der Waals surface area contributed by atoms with E-state index in [2.05, 4.69) is 20.0 Å². The number of aromatic nitrogens is 2. The van der Waals surface area contributed by atoms with Gasteiger partial charge in [-0.05, 0) is 57.0 Å². The molecule has 31 heavy (non-hydrogen) atoms. The summed E-state index contributed by atoms with van der Waals surface area (Å²) in [5, 5.41) is 2.96. The Morgan fingerprint density at radius 3 is 2.29 bits per heavy atom. The van der Waals surface area contributed by atoms with E-state index in [0.717, 1.165) is 11.3 Å². The number of hydrogen-bond acceptors (Lipinski definition) is 4. The maximum absolute atomic E-state index is 12.7. The van der Waals surface area contributed by atoms with E-state index < -0.39 is 15.6 Å². The third-order valence-corrected chi connectivity index (χ3v) is 6.37. The number of nitrogens with zero attached hydrogens (tertiary/aromatic N) is 1. The zero-order valence-electron chi connectivity index (χ0n) is 18.1. The Morgan fingerprint density at radius 1 is 1.06 bits per heavy atom. The predicted molar refractivity (Wildman–Crippen MR) is 121 cm³/mol. The van der Waals surface area contributed by atoms with Gasteiger partial charge in [0.25, 0.3) is 5.91 Å². The summed E-state index contributed by atoms with van der Waals surface area (Å²) in [4.78, 5) is 20.6. The summed E-state index contributed by atoms with van der Waals surface area (Å²) in [5.41, 5.74) is 1.68. The highest BCUT2D eigenvalue weighted by molar-refractivity contribution is 7.89. The van der Waals surface area contributed by atoms with Crippen LogP contribution in [0.15, 0.2) is 65.7 Å². The molecule has 1 amide bonds. The molecule has 8 heteroatoms. The minimum absolute atomic E-state index is 0.115. The predicted octanol–water partition coefficient (Wildman–Crippen LogP) is 4.03. The van der Waals surface area contributed by atoms with Crippen molar-refractivity contribution in [3.63, 3.8) is 0 Å². The van der Waals surface area contributed by atoms with Crippen molar-refractivity contribution >= 4 is 15.9 Å². The molecule has 1 aromatic heterocycles. The van der Waals surface area contributed by atoms with Gasteiger partial charge in [0.15, 0.2) is 0 Å². The van der Waals surface area contributed by atoms with Crippen LogP contribution >= 0.6 is 0 Å². The second-order valence-electron chi connectivity index (χ2n) is 8.36. The van der Waals surface area contributed by atoms with Gasteiger partial charge in [0.2, 0.25) is 10.0 Å². The SMILES string of the molecule is CCC(NC(=O)c1ccc(S(=O)(=O)NC(C)(C)C)cc1)c1ncc(-c2ccccc2)[nH]1. The first-order chi connectivity index (χ1) is 14.6. The van der Waals surface area contributed by atoms with Crippen molar-refractivity contribution in [3.8, 4) is 11.3 Å². The highest BCUT2D eigenvalue weighted by Crippen LogP contribution is 2.21. The number of rotatable bonds is 7. The molecule has 1 atom stereocenters. The van der Waals surface area contributed by atoms with Gasteiger partial charge in [0.05, 0.1) is 22.8 Å². The highest BCUT2D eigenvalue weighted by Gasteiger charge is 2.23. The number of benzene rings is 2. The van der Waals surface area contributed by atoms with Gasteiger partial charge in [-0.3, -0.25) is 4.79 Å². The second kappa shape index (κ2) is 9.03. The van der Waals surface area contributed by atoms with Crippen LogP contribution in [0.25, 0.3) is 11.3 Å². The quantitative estimate of drug-likeness (QED) is 0.516. The van der Waals surface area contributed by atoms with E-state index in [-0.39, 0.29) is 16.8 Å². The summed E-state index contributed by atoms with van der Waals surface area (Å²) in [6, 6.07) is 15.4. The molecule has 0 aliphatic carbocycles. The van der Waals surface area contributed by atoms with Crippen LogP contribution in [0.5, 0.6) is 0 Å². The zero-order chi connectivity index (χ0) is 22.6. The Bertz CT molecular complexity index is 1130. The molecule has 0 spiro atoms. The molecule has 0 aliphatic heterocycles. The van der Waals surface area contributed by atoms with E-state index >= 15 is 0 Å². The van der Waals surface area contributed by atoms with E-state index in [4.69, 9.17) is 0 Å². The molecule has 0 aliphatic rings. The van der Waals surface area contributed by atoms with Crippen molar-refractivity contribution in [2.75, 3.05) is 0 Å². The van der Waals surface area contributed by atoms with Crippen molar-refractivity contribution in [3.05, 3.63) is 72.2 Å². The molecule has 7 nitrogen and oxygen atoms in total. The van der Waals surface area contributed by atoms with E-state index in [1.54, 1.807) is 27.0 Å². The van der Waals surface area contributed by atoms with Crippen LogP contribution in [0.2, 0.25) is 0 Å². The Balaban J connectivity index is 1.72. The van der Waals surface area contributed by atoms with Gasteiger partial charge < -0.3 is 10.3 Å². The van der Waals surface area contributed by atoms with Crippen LogP contribution in [0.4, 0.5) is 0 Å². The average Bonchev–Trinajstić information content (AvgIpc) is 3.21. The molecule has 1 unspecified atom stereocenters. The Hall–Kier alpha value is -2.97. The van der Waals surface area contributed by atoms with Gasteiger partial charge >= 0.3 is 0 Å². The number of aromatic amines is 1. The average molecular weight is 441 g/mol. The Morgan fingerprint density at radius 2 is 1.71 bits per heavy atom. The zero-order valence-corrected chi connectivity index (χ0v) is 19.0. The molecule has 3 aromatic rings. The lowest BCUT2D eigenvalue weighted by atomic mass is 10.1. The summed E-state index contributed by atoms with van der Waals surface area (Å²) in [5.74, 6) is 0.375. The molecule has 3 rings (SSSR count). The van der Waals surface area contributed by atoms with Crippen molar-refractivity contribution < 1.29 is 13.2 Å². The minimum atomic E-state index is -3.65. The highest BCUT2D eigenvalue weighted by atomic mass is 32.2. The van der Waals surface area contributed by atoms with Crippen molar-refractivity contribution in [1.29, 1.82) is 0 Å². The normalized spacial score (nSPS) is 13.0. The maximum Gasteiger partial charge on any atom is 0.251 e. The van der Waals surface area contributed by atoms with Crippen LogP contribution < -0.4 is 10.0 Å². The van der Waals surface area contributed by atoms with E-state index in [9.17, 15) is 13.2 Å². The van der Waals surface area contributed by atoms with E-state index in [1.807, 2.05) is 37.3 Å². The van der Waals surface area contributed by atoms with Crippen LogP contribution in [0, 0.1) is 0 Å². The third-order valence-electron chi connectivity index (χ3n) is 4.59. The molecule has 0 bridgehead atoms. The van der Waals surface area contributed by atoms with Crippen LogP contribution in [-0.4, -0.2) is 29.8 Å². The number of sulfonamides is 1. The number of imidazole rings is 1. The topological polar surface area (TPSA) is 104 Å². The lowest BCUT2D eigenvalue weighted by Crippen LogP contribution is -2.40. The van der Waals surface area contributed by atoms with Crippen molar-refractivity contribution in [2.24, 2.45) is 0 Å². The molecule has 0 radical (unpaired) electrons. The smallest absolute Gasteiger partial charge is 0.251 e. The first kappa shape index (κ1) is 22.7. The Kier molecular flexibility index (Phi) is 6.62. The lowest BCUT2D eigenvalue weighted by molar-refractivity contribution is 0.0933. The summed E-state index contributed by atoms with van der Waals surface area (Å²) < 4.78 is 27.5. The van der Waals surface area contributed by atoms with Crippen LogP contribution in [-0.2, 0) is 10.0 Å². The summed E-state index contributed by atoms with van der Waals surface area (Å²) in [7, 11) is -3.65. The van der Waals surface area contributed by atoms with Gasteiger partial charge in [-0.2, -0.15) is 0 Å². The Labute approximate surface area is 183 Å². The molecular formula is C23H28N4O3S. The fourth-order valence-electron chi connectivity index (χ4n) is 3.13. The second-order valence-corrected chi connectivity index (χ2v) is 10.0. The summed E-state index contributed by atoms with van der Waals surface area (Å²) >= 11 is 0. The van der Waals surface area contributed by atoms with Crippen molar-refractivity contribution in [1.82, 2.24) is 20.0 Å². The maximum atomic E-state index is 12.7. The lowest BCUT2D eigenvalue weighted by Gasteiger charge is -2.20. The number of carbonyl (C=O) groups excluding carboxylic acids is 1. The minimum Gasteiger partial charge on any atom is -0.342 e.